The predicted molar refractivity (Wildman–Crippen MR) is 136 cm³/mol. The smallest absolute Gasteiger partial charge is 0.261 e. The number of carbonyl (C=O) groups excluding carboxylic acids is 2. The molecule has 1 aliphatic carbocycles. The molecule has 5 nitrogen and oxygen atoms in total. The van der Waals surface area contributed by atoms with Gasteiger partial charge >= 0.3 is 0 Å². The summed E-state index contributed by atoms with van der Waals surface area (Å²) in [6.45, 7) is 1.81. The summed E-state index contributed by atoms with van der Waals surface area (Å²) >= 11 is 14.4. The number of ether oxygens (including phenoxy) is 1. The van der Waals surface area contributed by atoms with Crippen molar-refractivity contribution in [2.24, 2.45) is 0 Å². The molecule has 1 aliphatic rings. The Morgan fingerprint density at radius 2 is 1.78 bits per heavy atom. The molecule has 1 fully saturated rings. The van der Waals surface area contributed by atoms with E-state index in [1.165, 1.54) is 11.3 Å². The van der Waals surface area contributed by atoms with E-state index in [0.717, 1.165) is 34.8 Å². The van der Waals surface area contributed by atoms with Crippen LogP contribution in [0, 0.1) is 3.57 Å². The summed E-state index contributed by atoms with van der Waals surface area (Å²) in [7, 11) is 0. The molecule has 8 heteroatoms. The molecule has 1 atom stereocenters. The zero-order valence-corrected chi connectivity index (χ0v) is 21.6. The number of halogens is 3. The van der Waals surface area contributed by atoms with Gasteiger partial charge in [-0.3, -0.25) is 9.59 Å². The van der Waals surface area contributed by atoms with Crippen LogP contribution in [-0.2, 0) is 16.1 Å². The number of carbonyl (C=O) groups is 2. The average Bonchev–Trinajstić information content (AvgIpc) is 2.79. The van der Waals surface area contributed by atoms with Crippen LogP contribution in [0.4, 0.5) is 0 Å². The summed E-state index contributed by atoms with van der Waals surface area (Å²) in [5.41, 5.74) is 0.791. The van der Waals surface area contributed by atoms with E-state index >= 15 is 0 Å². The fraction of sp³-hybridized carbons (Fsp3) is 0.417. The Bertz CT molecular complexity index is 933. The van der Waals surface area contributed by atoms with Gasteiger partial charge in [0.2, 0.25) is 5.91 Å². The Morgan fingerprint density at radius 3 is 2.44 bits per heavy atom. The number of hydrogen-bond acceptors (Lipinski definition) is 3. The molecule has 0 radical (unpaired) electrons. The second kappa shape index (κ2) is 12.1. The van der Waals surface area contributed by atoms with Crippen molar-refractivity contribution in [1.82, 2.24) is 10.2 Å². The molecular formula is C24H27Cl2IN2O3. The van der Waals surface area contributed by atoms with Gasteiger partial charge in [0.15, 0.2) is 6.61 Å². The predicted octanol–water partition coefficient (Wildman–Crippen LogP) is 5.84. The third-order valence-corrected chi connectivity index (χ3v) is 7.09. The van der Waals surface area contributed by atoms with Crippen molar-refractivity contribution in [3.63, 3.8) is 0 Å². The van der Waals surface area contributed by atoms with Crippen LogP contribution in [-0.4, -0.2) is 35.4 Å². The fourth-order valence-corrected chi connectivity index (χ4v) is 4.43. The van der Waals surface area contributed by atoms with Crippen molar-refractivity contribution in [2.45, 2.75) is 57.7 Å². The Labute approximate surface area is 212 Å². The van der Waals surface area contributed by atoms with E-state index in [4.69, 9.17) is 27.9 Å². The van der Waals surface area contributed by atoms with Gasteiger partial charge < -0.3 is 15.0 Å². The SMILES string of the molecule is C[C@@H](C(=O)NC1CCCCC1)N(Cc1ccc(Cl)c(Cl)c1)C(=O)COc1ccc(I)cc1. The van der Waals surface area contributed by atoms with Gasteiger partial charge in [0.1, 0.15) is 11.8 Å². The number of hydrogen-bond donors (Lipinski definition) is 1. The van der Waals surface area contributed by atoms with Crippen molar-refractivity contribution >= 4 is 57.6 Å². The van der Waals surface area contributed by atoms with E-state index in [1.807, 2.05) is 24.3 Å². The van der Waals surface area contributed by atoms with Crippen LogP contribution in [0.3, 0.4) is 0 Å². The molecule has 2 aromatic rings. The highest BCUT2D eigenvalue weighted by Crippen LogP contribution is 2.24. The molecule has 1 N–H and O–H groups in total. The molecule has 0 unspecified atom stereocenters. The van der Waals surface area contributed by atoms with Crippen molar-refractivity contribution in [1.29, 1.82) is 0 Å². The second-order valence-electron chi connectivity index (χ2n) is 8.03. The molecular weight excluding hydrogens is 562 g/mol. The Balaban J connectivity index is 1.72. The molecule has 0 aliphatic heterocycles. The van der Waals surface area contributed by atoms with Crippen molar-refractivity contribution in [3.8, 4) is 5.75 Å². The summed E-state index contributed by atoms with van der Waals surface area (Å²) in [5.74, 6) is 0.174. The van der Waals surface area contributed by atoms with Crippen LogP contribution >= 0.6 is 45.8 Å². The molecule has 2 aromatic carbocycles. The van der Waals surface area contributed by atoms with Gasteiger partial charge in [0, 0.05) is 16.2 Å². The molecule has 0 heterocycles. The second-order valence-corrected chi connectivity index (χ2v) is 10.1. The molecule has 3 rings (SSSR count). The highest BCUT2D eigenvalue weighted by atomic mass is 127. The molecule has 2 amide bonds. The van der Waals surface area contributed by atoms with Crippen LogP contribution in [0.15, 0.2) is 42.5 Å². The van der Waals surface area contributed by atoms with E-state index < -0.39 is 6.04 Å². The maximum absolute atomic E-state index is 13.1. The minimum atomic E-state index is -0.654. The fourth-order valence-electron chi connectivity index (χ4n) is 3.74. The molecule has 32 heavy (non-hydrogen) atoms. The Hall–Kier alpha value is -1.51. The van der Waals surface area contributed by atoms with Crippen molar-refractivity contribution in [2.75, 3.05) is 6.61 Å². The van der Waals surface area contributed by atoms with E-state index in [-0.39, 0.29) is 31.0 Å². The lowest BCUT2D eigenvalue weighted by molar-refractivity contribution is -0.142. The maximum Gasteiger partial charge on any atom is 0.261 e. The molecule has 0 bridgehead atoms. The zero-order valence-electron chi connectivity index (χ0n) is 18.0. The first-order valence-electron chi connectivity index (χ1n) is 10.8. The minimum absolute atomic E-state index is 0.153. The van der Waals surface area contributed by atoms with Gasteiger partial charge in [0.05, 0.1) is 10.0 Å². The lowest BCUT2D eigenvalue weighted by atomic mass is 9.95. The first-order chi connectivity index (χ1) is 15.3. The lowest BCUT2D eigenvalue weighted by Gasteiger charge is -2.31. The van der Waals surface area contributed by atoms with Crippen LogP contribution in [0.5, 0.6) is 5.75 Å². The van der Waals surface area contributed by atoms with Gasteiger partial charge in [-0.05, 0) is 84.3 Å². The Kier molecular flexibility index (Phi) is 9.49. The largest absolute Gasteiger partial charge is 0.484 e. The van der Waals surface area contributed by atoms with E-state index in [0.29, 0.717) is 15.8 Å². The summed E-state index contributed by atoms with van der Waals surface area (Å²) in [5, 5.41) is 3.97. The maximum atomic E-state index is 13.1. The summed E-state index contributed by atoms with van der Waals surface area (Å²) in [6, 6.07) is 12.2. The third-order valence-electron chi connectivity index (χ3n) is 5.63. The van der Waals surface area contributed by atoms with Gasteiger partial charge in [-0.25, -0.2) is 0 Å². The van der Waals surface area contributed by atoms with Crippen LogP contribution in [0.2, 0.25) is 10.0 Å². The standard InChI is InChI=1S/C24H27Cl2IN2O3/c1-16(24(31)28-19-5-3-2-4-6-19)29(14-17-7-12-21(25)22(26)13-17)23(30)15-32-20-10-8-18(27)9-11-20/h7-13,16,19H,2-6,14-15H2,1H3,(H,28,31)/t16-/m0/s1. The van der Waals surface area contributed by atoms with Crippen LogP contribution in [0.25, 0.3) is 0 Å². The monoisotopic (exact) mass is 588 g/mol. The normalized spacial score (nSPS) is 15.1. The molecule has 1 saturated carbocycles. The van der Waals surface area contributed by atoms with Gasteiger partial charge in [-0.1, -0.05) is 48.5 Å². The van der Waals surface area contributed by atoms with Gasteiger partial charge in [-0.15, -0.1) is 0 Å². The highest BCUT2D eigenvalue weighted by molar-refractivity contribution is 14.1. The van der Waals surface area contributed by atoms with Crippen molar-refractivity contribution < 1.29 is 14.3 Å². The van der Waals surface area contributed by atoms with Gasteiger partial charge in [-0.2, -0.15) is 0 Å². The first kappa shape index (κ1) is 25.1. The molecule has 0 spiro atoms. The summed E-state index contributed by atoms with van der Waals surface area (Å²) in [6.07, 6.45) is 5.41. The van der Waals surface area contributed by atoms with E-state index in [1.54, 1.807) is 25.1 Å². The molecule has 0 aromatic heterocycles. The Morgan fingerprint density at radius 1 is 1.09 bits per heavy atom. The van der Waals surface area contributed by atoms with E-state index in [2.05, 4.69) is 27.9 Å². The molecule has 0 saturated heterocycles. The lowest BCUT2D eigenvalue weighted by Crippen LogP contribution is -2.51. The topological polar surface area (TPSA) is 58.6 Å². The average molecular weight is 589 g/mol. The van der Waals surface area contributed by atoms with Crippen molar-refractivity contribution in [3.05, 3.63) is 61.6 Å². The van der Waals surface area contributed by atoms with E-state index in [9.17, 15) is 9.59 Å². The number of benzene rings is 2. The minimum Gasteiger partial charge on any atom is -0.484 e. The number of nitrogens with zero attached hydrogens (tertiary/aromatic N) is 1. The third kappa shape index (κ3) is 7.25. The molecule has 172 valence electrons. The first-order valence-corrected chi connectivity index (χ1v) is 12.6. The van der Waals surface area contributed by atoms with Crippen LogP contribution < -0.4 is 10.1 Å². The highest BCUT2D eigenvalue weighted by Gasteiger charge is 2.28. The zero-order chi connectivity index (χ0) is 23.1. The van der Waals surface area contributed by atoms with Crippen LogP contribution in [0.1, 0.15) is 44.6 Å². The number of nitrogens with one attached hydrogen (secondary N) is 1. The summed E-state index contributed by atoms with van der Waals surface area (Å²) in [4.78, 5) is 27.7. The number of rotatable bonds is 8. The summed E-state index contributed by atoms with van der Waals surface area (Å²) < 4.78 is 6.77. The number of amides is 2. The quantitative estimate of drug-likeness (QED) is 0.394. The van der Waals surface area contributed by atoms with Gasteiger partial charge in [0.25, 0.3) is 5.91 Å².